The molecule has 0 atom stereocenters. The van der Waals surface area contributed by atoms with Gasteiger partial charge in [0.05, 0.1) is 22.8 Å². The van der Waals surface area contributed by atoms with Gasteiger partial charge in [-0.05, 0) is 31.2 Å². The van der Waals surface area contributed by atoms with Crippen molar-refractivity contribution >= 4 is 28.8 Å². The zero-order valence-corrected chi connectivity index (χ0v) is 15.4. The molecule has 3 N–H and O–H groups in total. The highest BCUT2D eigenvalue weighted by atomic mass is 32.1. The van der Waals surface area contributed by atoms with E-state index in [9.17, 15) is 23.5 Å². The Morgan fingerprint density at radius 1 is 1.11 bits per heavy atom. The number of thiazole rings is 1. The van der Waals surface area contributed by atoms with E-state index in [4.69, 9.17) is 0 Å². The number of benzene rings is 2. The van der Waals surface area contributed by atoms with Gasteiger partial charge >= 0.3 is 0 Å². The van der Waals surface area contributed by atoms with Crippen LogP contribution in [0.4, 0.5) is 14.5 Å². The Labute approximate surface area is 162 Å². The first-order chi connectivity index (χ1) is 13.3. The molecule has 0 saturated carbocycles. The molecule has 144 valence electrons. The van der Waals surface area contributed by atoms with Crippen LogP contribution in [0.3, 0.4) is 0 Å². The van der Waals surface area contributed by atoms with Crippen molar-refractivity contribution in [3.8, 4) is 5.75 Å². The van der Waals surface area contributed by atoms with Gasteiger partial charge in [-0.1, -0.05) is 0 Å². The van der Waals surface area contributed by atoms with E-state index in [1.165, 1.54) is 29.5 Å². The summed E-state index contributed by atoms with van der Waals surface area (Å²) in [7, 11) is 0. The van der Waals surface area contributed by atoms with Gasteiger partial charge in [0, 0.05) is 28.8 Å². The fourth-order valence-corrected chi connectivity index (χ4v) is 3.06. The number of halogens is 2. The summed E-state index contributed by atoms with van der Waals surface area (Å²) in [6, 6.07) is 6.34. The number of carbonyl (C=O) groups excluding carboxylic acids is 2. The maximum absolute atomic E-state index is 13.2. The fraction of sp³-hybridized carbons (Fsp3) is 0.105. The molecule has 2 amide bonds. The van der Waals surface area contributed by atoms with Gasteiger partial charge in [0.2, 0.25) is 0 Å². The Balaban J connectivity index is 1.67. The van der Waals surface area contributed by atoms with Crippen molar-refractivity contribution in [2.45, 2.75) is 13.5 Å². The van der Waals surface area contributed by atoms with Gasteiger partial charge in [-0.15, -0.1) is 11.3 Å². The number of rotatable bonds is 5. The van der Waals surface area contributed by atoms with Gasteiger partial charge in [-0.25, -0.2) is 13.8 Å². The van der Waals surface area contributed by atoms with Gasteiger partial charge in [0.1, 0.15) is 17.4 Å². The molecule has 1 aromatic heterocycles. The van der Waals surface area contributed by atoms with Crippen LogP contribution in [0.1, 0.15) is 31.4 Å². The summed E-state index contributed by atoms with van der Waals surface area (Å²) < 4.78 is 26.4. The van der Waals surface area contributed by atoms with Crippen LogP contribution in [0.5, 0.6) is 5.75 Å². The molecule has 0 bridgehead atoms. The first-order valence-corrected chi connectivity index (χ1v) is 8.99. The first kappa shape index (κ1) is 19.4. The van der Waals surface area contributed by atoms with Crippen molar-refractivity contribution < 1.29 is 23.5 Å². The summed E-state index contributed by atoms with van der Waals surface area (Å²) in [5, 5.41) is 17.8. The molecule has 28 heavy (non-hydrogen) atoms. The lowest BCUT2D eigenvalue weighted by Gasteiger charge is -2.09. The lowest BCUT2D eigenvalue weighted by molar-refractivity contribution is 0.0947. The quantitative estimate of drug-likeness (QED) is 0.607. The molecule has 0 fully saturated rings. The van der Waals surface area contributed by atoms with E-state index in [1.807, 2.05) is 12.3 Å². The Morgan fingerprint density at radius 2 is 1.82 bits per heavy atom. The van der Waals surface area contributed by atoms with Crippen LogP contribution in [-0.4, -0.2) is 21.9 Å². The normalized spacial score (nSPS) is 10.5. The third kappa shape index (κ3) is 4.68. The molecule has 0 unspecified atom stereocenters. The van der Waals surface area contributed by atoms with Gasteiger partial charge < -0.3 is 15.7 Å². The van der Waals surface area contributed by atoms with E-state index >= 15 is 0 Å². The highest BCUT2D eigenvalue weighted by Gasteiger charge is 2.14. The van der Waals surface area contributed by atoms with Gasteiger partial charge in [-0.3, -0.25) is 9.59 Å². The van der Waals surface area contributed by atoms with Gasteiger partial charge in [-0.2, -0.15) is 0 Å². The monoisotopic (exact) mass is 403 g/mol. The largest absolute Gasteiger partial charge is 0.507 e. The summed E-state index contributed by atoms with van der Waals surface area (Å²) in [5.41, 5.74) is 0.680. The number of aromatic hydroxyl groups is 1. The van der Waals surface area contributed by atoms with Crippen molar-refractivity contribution in [1.82, 2.24) is 10.3 Å². The molecule has 1 heterocycles. The minimum absolute atomic E-state index is 0.0155. The number of nitrogens with one attached hydrogen (secondary N) is 2. The van der Waals surface area contributed by atoms with Crippen molar-refractivity contribution in [2.75, 3.05) is 5.32 Å². The molecular formula is C19H15F2N3O3S. The summed E-state index contributed by atoms with van der Waals surface area (Å²) in [4.78, 5) is 28.5. The zero-order valence-electron chi connectivity index (χ0n) is 14.6. The molecule has 2 aromatic carbocycles. The maximum Gasteiger partial charge on any atom is 0.255 e. The fourth-order valence-electron chi connectivity index (χ4n) is 2.45. The number of phenolic OH excluding ortho intramolecular Hbond substituents is 1. The van der Waals surface area contributed by atoms with E-state index in [1.54, 1.807) is 0 Å². The summed E-state index contributed by atoms with van der Waals surface area (Å²) >= 11 is 1.46. The molecule has 3 aromatic rings. The number of nitrogens with zero attached hydrogens (tertiary/aromatic N) is 1. The minimum Gasteiger partial charge on any atom is -0.507 e. The molecule has 9 heteroatoms. The number of phenols is 1. The van der Waals surface area contributed by atoms with Crippen molar-refractivity contribution in [3.05, 3.63) is 75.2 Å². The maximum atomic E-state index is 13.2. The van der Waals surface area contributed by atoms with E-state index in [-0.39, 0.29) is 29.1 Å². The average molecular weight is 403 g/mol. The molecule has 0 spiro atoms. The number of hydrogen-bond acceptors (Lipinski definition) is 5. The third-order valence-electron chi connectivity index (χ3n) is 3.72. The Hall–Kier alpha value is -3.33. The molecule has 6 nitrogen and oxygen atoms in total. The van der Waals surface area contributed by atoms with E-state index in [2.05, 4.69) is 15.6 Å². The Morgan fingerprint density at radius 3 is 2.43 bits per heavy atom. The lowest BCUT2D eigenvalue weighted by Crippen LogP contribution is -2.23. The second-order valence-corrected chi connectivity index (χ2v) is 6.95. The summed E-state index contributed by atoms with van der Waals surface area (Å²) in [6.45, 7) is 2.07. The van der Waals surface area contributed by atoms with E-state index in [0.29, 0.717) is 11.8 Å². The smallest absolute Gasteiger partial charge is 0.255 e. The topological polar surface area (TPSA) is 91.3 Å². The zero-order chi connectivity index (χ0) is 20.3. The SMILES string of the molecule is Cc1nc(CNC(=O)c2ccc(NC(=O)c3cc(F)cc(F)c3)cc2O)cs1. The molecule has 0 aliphatic heterocycles. The van der Waals surface area contributed by atoms with E-state index < -0.39 is 23.4 Å². The van der Waals surface area contributed by atoms with Crippen LogP contribution in [0, 0.1) is 18.6 Å². The van der Waals surface area contributed by atoms with E-state index in [0.717, 1.165) is 17.1 Å². The summed E-state index contributed by atoms with van der Waals surface area (Å²) in [5.74, 6) is -3.37. The highest BCUT2D eigenvalue weighted by molar-refractivity contribution is 7.09. The van der Waals surface area contributed by atoms with Crippen LogP contribution in [0.15, 0.2) is 41.8 Å². The van der Waals surface area contributed by atoms with Crippen LogP contribution >= 0.6 is 11.3 Å². The van der Waals surface area contributed by atoms with Crippen LogP contribution < -0.4 is 10.6 Å². The molecule has 0 aliphatic rings. The third-order valence-corrected chi connectivity index (χ3v) is 4.54. The second-order valence-electron chi connectivity index (χ2n) is 5.88. The minimum atomic E-state index is -0.879. The predicted molar refractivity (Wildman–Crippen MR) is 100 cm³/mol. The number of hydrogen-bond donors (Lipinski definition) is 3. The molecule has 0 radical (unpaired) electrons. The van der Waals surface area contributed by atoms with Gasteiger partial charge in [0.15, 0.2) is 0 Å². The Bertz CT molecular complexity index is 1030. The molecule has 0 aliphatic carbocycles. The number of carbonyl (C=O) groups is 2. The average Bonchev–Trinajstić information content (AvgIpc) is 3.04. The van der Waals surface area contributed by atoms with Crippen LogP contribution in [0.25, 0.3) is 0 Å². The van der Waals surface area contributed by atoms with Crippen LogP contribution in [-0.2, 0) is 6.54 Å². The molecule has 0 saturated heterocycles. The lowest BCUT2D eigenvalue weighted by atomic mass is 10.1. The number of aromatic nitrogens is 1. The number of aryl methyl sites for hydroxylation is 1. The number of amides is 2. The predicted octanol–water partition coefficient (Wildman–Crippen LogP) is 3.62. The van der Waals surface area contributed by atoms with Crippen molar-refractivity contribution in [2.24, 2.45) is 0 Å². The molecular weight excluding hydrogens is 388 g/mol. The number of anilines is 1. The standard InChI is InChI=1S/C19H15F2N3O3S/c1-10-23-15(9-28-10)8-22-19(27)16-3-2-14(7-17(16)25)24-18(26)11-4-12(20)6-13(21)5-11/h2-7,9,25H,8H2,1H3,(H,22,27)(H,24,26). The van der Waals surface area contributed by atoms with Gasteiger partial charge in [0.25, 0.3) is 11.8 Å². The summed E-state index contributed by atoms with van der Waals surface area (Å²) in [6.07, 6.45) is 0. The van der Waals surface area contributed by atoms with Crippen molar-refractivity contribution in [1.29, 1.82) is 0 Å². The Kier molecular flexibility index (Phi) is 5.65. The van der Waals surface area contributed by atoms with Crippen LogP contribution in [0.2, 0.25) is 0 Å². The first-order valence-electron chi connectivity index (χ1n) is 8.11. The molecule has 3 rings (SSSR count). The second kappa shape index (κ2) is 8.13. The highest BCUT2D eigenvalue weighted by Crippen LogP contribution is 2.23. The van der Waals surface area contributed by atoms with Crippen molar-refractivity contribution in [3.63, 3.8) is 0 Å².